The number of hydrogen-bond donors (Lipinski definition) is 2. The van der Waals surface area contributed by atoms with Crippen molar-refractivity contribution in [2.24, 2.45) is 5.73 Å². The van der Waals surface area contributed by atoms with E-state index in [0.717, 1.165) is 0 Å². The standard InChI is InChI=1S/C19H18FN3O3/c20-12-5-7-13(8-6-12)23(10-9-17(21)24)19(26)15-11-18(25)22-16-4-2-1-3-14(15)16/h1-8,15H,9-11H2,(H2,21,24)(H,22,25)/t15-/m1/s1. The summed E-state index contributed by atoms with van der Waals surface area (Å²) in [6.07, 6.45) is -0.0339. The number of rotatable bonds is 5. The van der Waals surface area contributed by atoms with Crippen molar-refractivity contribution in [3.8, 4) is 0 Å². The van der Waals surface area contributed by atoms with E-state index in [1.54, 1.807) is 24.3 Å². The van der Waals surface area contributed by atoms with Gasteiger partial charge in [0, 0.05) is 30.8 Å². The zero-order chi connectivity index (χ0) is 18.7. The molecular weight excluding hydrogens is 337 g/mol. The highest BCUT2D eigenvalue weighted by Crippen LogP contribution is 2.34. The van der Waals surface area contributed by atoms with Gasteiger partial charge in [-0.3, -0.25) is 14.4 Å². The van der Waals surface area contributed by atoms with Gasteiger partial charge in [0.25, 0.3) is 0 Å². The molecule has 0 saturated heterocycles. The van der Waals surface area contributed by atoms with Crippen LogP contribution in [0, 0.1) is 5.82 Å². The van der Waals surface area contributed by atoms with Gasteiger partial charge in [-0.05, 0) is 35.9 Å². The summed E-state index contributed by atoms with van der Waals surface area (Å²) in [6, 6.07) is 12.5. The SMILES string of the molecule is NC(=O)CCN(C(=O)[C@@H]1CC(=O)Nc2ccccc21)c1ccc(F)cc1. The Labute approximate surface area is 149 Å². The number of carbonyl (C=O) groups excluding carboxylic acids is 3. The quantitative estimate of drug-likeness (QED) is 0.861. The summed E-state index contributed by atoms with van der Waals surface area (Å²) in [5.74, 6) is -2.25. The normalized spacial score (nSPS) is 15.7. The van der Waals surface area contributed by atoms with Crippen LogP contribution in [0.4, 0.5) is 15.8 Å². The molecule has 2 aromatic rings. The fourth-order valence-electron chi connectivity index (χ4n) is 3.03. The predicted molar refractivity (Wildman–Crippen MR) is 95.0 cm³/mol. The largest absolute Gasteiger partial charge is 0.370 e. The number of halogens is 1. The first-order valence-electron chi connectivity index (χ1n) is 8.19. The van der Waals surface area contributed by atoms with Gasteiger partial charge in [0.2, 0.25) is 17.7 Å². The van der Waals surface area contributed by atoms with E-state index in [4.69, 9.17) is 5.73 Å². The summed E-state index contributed by atoms with van der Waals surface area (Å²) in [7, 11) is 0. The van der Waals surface area contributed by atoms with Gasteiger partial charge in [-0.25, -0.2) is 4.39 Å². The molecule has 0 radical (unpaired) electrons. The number of hydrogen-bond acceptors (Lipinski definition) is 3. The average molecular weight is 355 g/mol. The molecule has 0 saturated carbocycles. The van der Waals surface area contributed by atoms with Crippen molar-refractivity contribution >= 4 is 29.1 Å². The van der Waals surface area contributed by atoms with E-state index >= 15 is 0 Å². The molecule has 6 nitrogen and oxygen atoms in total. The van der Waals surface area contributed by atoms with Crippen molar-refractivity contribution in [2.45, 2.75) is 18.8 Å². The van der Waals surface area contributed by atoms with E-state index in [9.17, 15) is 18.8 Å². The number of primary amides is 1. The first kappa shape index (κ1) is 17.6. The summed E-state index contributed by atoms with van der Waals surface area (Å²) < 4.78 is 13.2. The Hall–Kier alpha value is -3.22. The zero-order valence-corrected chi connectivity index (χ0v) is 13.9. The van der Waals surface area contributed by atoms with E-state index < -0.39 is 17.6 Å². The predicted octanol–water partition coefficient (Wildman–Crippen LogP) is 2.16. The van der Waals surface area contributed by atoms with Crippen molar-refractivity contribution < 1.29 is 18.8 Å². The summed E-state index contributed by atoms with van der Waals surface area (Å²) in [5.41, 5.74) is 6.97. The third-order valence-electron chi connectivity index (χ3n) is 4.28. The third kappa shape index (κ3) is 3.72. The molecule has 134 valence electrons. The Morgan fingerprint density at radius 2 is 1.85 bits per heavy atom. The minimum atomic E-state index is -0.683. The molecule has 0 aliphatic carbocycles. The lowest BCUT2D eigenvalue weighted by Gasteiger charge is -2.30. The molecule has 1 atom stereocenters. The van der Waals surface area contributed by atoms with Crippen molar-refractivity contribution in [1.82, 2.24) is 0 Å². The van der Waals surface area contributed by atoms with Gasteiger partial charge in [-0.2, -0.15) is 0 Å². The molecule has 1 aliphatic heterocycles. The summed E-state index contributed by atoms with van der Waals surface area (Å²) in [5, 5.41) is 2.75. The molecule has 0 bridgehead atoms. The molecule has 0 fully saturated rings. The highest BCUT2D eigenvalue weighted by atomic mass is 19.1. The van der Waals surface area contributed by atoms with Crippen LogP contribution in [-0.4, -0.2) is 24.3 Å². The molecule has 3 amide bonds. The van der Waals surface area contributed by atoms with Crippen LogP contribution in [0.1, 0.15) is 24.3 Å². The second-order valence-corrected chi connectivity index (χ2v) is 6.07. The molecule has 1 heterocycles. The molecule has 7 heteroatoms. The maximum atomic E-state index is 13.2. The van der Waals surface area contributed by atoms with Crippen molar-refractivity contribution in [2.75, 3.05) is 16.8 Å². The highest BCUT2D eigenvalue weighted by molar-refractivity contribution is 6.06. The Balaban J connectivity index is 1.95. The van der Waals surface area contributed by atoms with Gasteiger partial charge in [0.15, 0.2) is 0 Å². The van der Waals surface area contributed by atoms with E-state index in [-0.39, 0.29) is 31.2 Å². The average Bonchev–Trinajstić information content (AvgIpc) is 2.62. The van der Waals surface area contributed by atoms with Gasteiger partial charge >= 0.3 is 0 Å². The molecule has 1 aliphatic rings. The Morgan fingerprint density at radius 3 is 2.54 bits per heavy atom. The number of nitrogens with two attached hydrogens (primary N) is 1. The topological polar surface area (TPSA) is 92.5 Å². The number of amides is 3. The maximum absolute atomic E-state index is 13.2. The van der Waals surface area contributed by atoms with Gasteiger partial charge in [-0.1, -0.05) is 18.2 Å². The maximum Gasteiger partial charge on any atom is 0.235 e. The molecule has 2 aromatic carbocycles. The molecule has 0 aromatic heterocycles. The summed E-state index contributed by atoms with van der Waals surface area (Å²) in [6.45, 7) is 0.0556. The lowest BCUT2D eigenvalue weighted by Crippen LogP contribution is -2.40. The minimum Gasteiger partial charge on any atom is -0.370 e. The van der Waals surface area contributed by atoms with Crippen molar-refractivity contribution in [3.63, 3.8) is 0 Å². The summed E-state index contributed by atoms with van der Waals surface area (Å²) >= 11 is 0. The minimum absolute atomic E-state index is 0.00408. The van der Waals surface area contributed by atoms with E-state index in [1.807, 2.05) is 0 Å². The second-order valence-electron chi connectivity index (χ2n) is 6.07. The van der Waals surface area contributed by atoms with Gasteiger partial charge in [0.05, 0.1) is 5.92 Å². The molecule has 26 heavy (non-hydrogen) atoms. The molecule has 3 N–H and O–H groups in total. The summed E-state index contributed by atoms with van der Waals surface area (Å²) in [4.78, 5) is 37.8. The van der Waals surface area contributed by atoms with Crippen LogP contribution in [0.25, 0.3) is 0 Å². The van der Waals surface area contributed by atoms with Crippen LogP contribution < -0.4 is 16.0 Å². The van der Waals surface area contributed by atoms with Crippen molar-refractivity contribution in [3.05, 3.63) is 59.9 Å². The first-order chi connectivity index (χ1) is 12.5. The van der Waals surface area contributed by atoms with Crippen LogP contribution in [-0.2, 0) is 14.4 Å². The fourth-order valence-corrected chi connectivity index (χ4v) is 3.03. The van der Waals surface area contributed by atoms with E-state index in [0.29, 0.717) is 16.9 Å². The molecule has 0 unspecified atom stereocenters. The van der Waals surface area contributed by atoms with Gasteiger partial charge in [-0.15, -0.1) is 0 Å². The first-order valence-corrected chi connectivity index (χ1v) is 8.19. The number of nitrogens with zero attached hydrogens (tertiary/aromatic N) is 1. The van der Waals surface area contributed by atoms with Crippen LogP contribution in [0.15, 0.2) is 48.5 Å². The van der Waals surface area contributed by atoms with Gasteiger partial charge in [0.1, 0.15) is 5.82 Å². The number of carbonyl (C=O) groups is 3. The third-order valence-corrected chi connectivity index (χ3v) is 4.28. The lowest BCUT2D eigenvalue weighted by molar-refractivity contribution is -0.124. The monoisotopic (exact) mass is 355 g/mol. The molecule has 0 spiro atoms. The fraction of sp³-hybridized carbons (Fsp3) is 0.211. The number of benzene rings is 2. The number of fused-ring (bicyclic) bond motifs is 1. The number of nitrogens with one attached hydrogen (secondary N) is 1. The number of para-hydroxylation sites is 1. The number of anilines is 2. The molecule has 3 rings (SSSR count). The smallest absolute Gasteiger partial charge is 0.235 e. The van der Waals surface area contributed by atoms with Crippen LogP contribution in [0.3, 0.4) is 0 Å². The Bertz CT molecular complexity index is 851. The zero-order valence-electron chi connectivity index (χ0n) is 13.9. The highest BCUT2D eigenvalue weighted by Gasteiger charge is 2.34. The van der Waals surface area contributed by atoms with Gasteiger partial charge < -0.3 is 16.0 Å². The van der Waals surface area contributed by atoms with E-state index in [1.165, 1.54) is 29.2 Å². The second kappa shape index (κ2) is 7.35. The van der Waals surface area contributed by atoms with Crippen LogP contribution >= 0.6 is 0 Å². The van der Waals surface area contributed by atoms with E-state index in [2.05, 4.69) is 5.32 Å². The van der Waals surface area contributed by atoms with Crippen LogP contribution in [0.5, 0.6) is 0 Å². The Kier molecular flexibility index (Phi) is 4.97. The Morgan fingerprint density at radius 1 is 1.15 bits per heavy atom. The van der Waals surface area contributed by atoms with Crippen molar-refractivity contribution in [1.29, 1.82) is 0 Å². The lowest BCUT2D eigenvalue weighted by atomic mass is 9.89. The van der Waals surface area contributed by atoms with Crippen LogP contribution in [0.2, 0.25) is 0 Å². The molecular formula is C19H18FN3O3.